The summed E-state index contributed by atoms with van der Waals surface area (Å²) >= 11 is 1.71. The number of sulfonamides is 1. The van der Waals surface area contributed by atoms with Crippen LogP contribution in [0.5, 0.6) is 0 Å². The van der Waals surface area contributed by atoms with Crippen molar-refractivity contribution in [1.82, 2.24) is 4.72 Å². The Morgan fingerprint density at radius 1 is 1.40 bits per heavy atom. The predicted molar refractivity (Wildman–Crippen MR) is 85.2 cm³/mol. The van der Waals surface area contributed by atoms with Gasteiger partial charge in [0.25, 0.3) is 0 Å². The molecule has 0 aliphatic carbocycles. The van der Waals surface area contributed by atoms with Crippen LogP contribution < -0.4 is 10.5 Å². The van der Waals surface area contributed by atoms with Crippen LogP contribution >= 0.6 is 11.8 Å². The van der Waals surface area contributed by atoms with E-state index in [1.54, 1.807) is 36.0 Å². The molecule has 0 saturated carbocycles. The van der Waals surface area contributed by atoms with Gasteiger partial charge in [-0.2, -0.15) is 11.8 Å². The third-order valence-electron chi connectivity index (χ3n) is 2.75. The van der Waals surface area contributed by atoms with E-state index in [0.29, 0.717) is 17.4 Å². The Balaban J connectivity index is 2.87. The fourth-order valence-corrected chi connectivity index (χ4v) is 3.10. The van der Waals surface area contributed by atoms with Gasteiger partial charge in [0.1, 0.15) is 0 Å². The van der Waals surface area contributed by atoms with E-state index in [4.69, 9.17) is 5.73 Å². The molecule has 0 saturated heterocycles. The first-order valence-electron chi connectivity index (χ1n) is 6.31. The average molecular weight is 312 g/mol. The summed E-state index contributed by atoms with van der Waals surface area (Å²) in [7, 11) is -3.53. The maximum Gasteiger partial charge on any atom is 0.241 e. The molecule has 110 valence electrons. The molecule has 0 aliphatic rings. The van der Waals surface area contributed by atoms with Crippen LogP contribution in [0.25, 0.3) is 0 Å². The number of hydrogen-bond donors (Lipinski definition) is 2. The highest BCUT2D eigenvalue weighted by molar-refractivity contribution is 7.99. The van der Waals surface area contributed by atoms with Crippen LogP contribution in [-0.4, -0.2) is 33.0 Å². The molecule has 4 nitrogen and oxygen atoms in total. The lowest BCUT2D eigenvalue weighted by Gasteiger charge is -2.11. The fraction of sp³-hybridized carbons (Fsp3) is 0.429. The predicted octanol–water partition coefficient (Wildman–Crippen LogP) is 1.42. The summed E-state index contributed by atoms with van der Waals surface area (Å²) in [5.41, 5.74) is 5.80. The molecule has 1 unspecified atom stereocenters. The molecule has 0 aromatic heterocycles. The SMILES string of the molecule is CSC(C)CCNS(=O)(=O)c1ccccc1C#CCN. The number of thioether (sulfide) groups is 1. The monoisotopic (exact) mass is 312 g/mol. The number of hydrogen-bond acceptors (Lipinski definition) is 4. The molecule has 20 heavy (non-hydrogen) atoms. The Morgan fingerprint density at radius 2 is 2.10 bits per heavy atom. The molecule has 1 aromatic rings. The van der Waals surface area contributed by atoms with Gasteiger partial charge in [0.15, 0.2) is 0 Å². The minimum absolute atomic E-state index is 0.201. The van der Waals surface area contributed by atoms with Crippen molar-refractivity contribution in [2.45, 2.75) is 23.5 Å². The molecule has 0 spiro atoms. The summed E-state index contributed by atoms with van der Waals surface area (Å²) in [5.74, 6) is 5.47. The molecule has 1 aromatic carbocycles. The van der Waals surface area contributed by atoms with Crippen LogP contribution in [0.4, 0.5) is 0 Å². The molecule has 0 radical (unpaired) electrons. The van der Waals surface area contributed by atoms with Crippen molar-refractivity contribution >= 4 is 21.8 Å². The van der Waals surface area contributed by atoms with E-state index in [-0.39, 0.29) is 11.4 Å². The summed E-state index contributed by atoms with van der Waals surface area (Å²) in [6.45, 7) is 2.69. The van der Waals surface area contributed by atoms with Crippen molar-refractivity contribution < 1.29 is 8.42 Å². The summed E-state index contributed by atoms with van der Waals surface area (Å²) < 4.78 is 27.2. The molecule has 0 heterocycles. The molecule has 0 fully saturated rings. The van der Waals surface area contributed by atoms with Crippen LogP contribution in [0.1, 0.15) is 18.9 Å². The number of nitrogens with one attached hydrogen (secondary N) is 1. The topological polar surface area (TPSA) is 72.2 Å². The molecule has 1 rings (SSSR count). The van der Waals surface area contributed by atoms with E-state index in [1.807, 2.05) is 6.26 Å². The largest absolute Gasteiger partial charge is 0.320 e. The molecular formula is C14H20N2O2S2. The fourth-order valence-electron chi connectivity index (χ4n) is 1.54. The second-order valence-electron chi connectivity index (χ2n) is 4.23. The Morgan fingerprint density at radius 3 is 2.75 bits per heavy atom. The van der Waals surface area contributed by atoms with E-state index >= 15 is 0 Å². The van der Waals surface area contributed by atoms with Gasteiger partial charge in [0.05, 0.1) is 11.4 Å². The van der Waals surface area contributed by atoms with Crippen LogP contribution in [0.2, 0.25) is 0 Å². The second-order valence-corrected chi connectivity index (χ2v) is 7.25. The lowest BCUT2D eigenvalue weighted by atomic mass is 10.2. The summed E-state index contributed by atoms with van der Waals surface area (Å²) in [6, 6.07) is 6.69. The van der Waals surface area contributed by atoms with E-state index in [1.165, 1.54) is 0 Å². The van der Waals surface area contributed by atoms with Gasteiger partial charge in [0.2, 0.25) is 10.0 Å². The Kier molecular flexibility index (Phi) is 7.10. The first-order chi connectivity index (χ1) is 9.51. The molecule has 6 heteroatoms. The summed E-state index contributed by atoms with van der Waals surface area (Å²) in [5, 5.41) is 0.421. The van der Waals surface area contributed by atoms with E-state index in [2.05, 4.69) is 23.5 Å². The van der Waals surface area contributed by atoms with Crippen molar-refractivity contribution in [3.8, 4) is 11.8 Å². The molecule has 1 atom stereocenters. The van der Waals surface area contributed by atoms with Crippen LogP contribution in [-0.2, 0) is 10.0 Å². The van der Waals surface area contributed by atoms with Gasteiger partial charge in [-0.3, -0.25) is 0 Å². The molecule has 3 N–H and O–H groups in total. The van der Waals surface area contributed by atoms with Gasteiger partial charge in [-0.25, -0.2) is 13.1 Å². The minimum Gasteiger partial charge on any atom is -0.320 e. The third kappa shape index (κ3) is 5.17. The average Bonchev–Trinajstić information content (AvgIpc) is 2.45. The maximum absolute atomic E-state index is 12.3. The van der Waals surface area contributed by atoms with Gasteiger partial charge in [-0.15, -0.1) is 0 Å². The highest BCUT2D eigenvalue weighted by atomic mass is 32.2. The van der Waals surface area contributed by atoms with Gasteiger partial charge >= 0.3 is 0 Å². The Labute approximate surface area is 125 Å². The zero-order chi connectivity index (χ0) is 15.0. The van der Waals surface area contributed by atoms with Gasteiger partial charge in [0, 0.05) is 17.4 Å². The zero-order valence-electron chi connectivity index (χ0n) is 11.7. The first kappa shape index (κ1) is 17.1. The van der Waals surface area contributed by atoms with Crippen molar-refractivity contribution in [2.24, 2.45) is 5.73 Å². The van der Waals surface area contributed by atoms with Crippen molar-refractivity contribution in [1.29, 1.82) is 0 Å². The smallest absolute Gasteiger partial charge is 0.241 e. The van der Waals surface area contributed by atoms with Gasteiger partial charge in [-0.05, 0) is 24.8 Å². The van der Waals surface area contributed by atoms with E-state index in [0.717, 1.165) is 6.42 Å². The highest BCUT2D eigenvalue weighted by Gasteiger charge is 2.17. The normalized spacial score (nSPS) is 12.6. The Bertz CT molecular complexity index is 589. The van der Waals surface area contributed by atoms with E-state index < -0.39 is 10.0 Å². The van der Waals surface area contributed by atoms with Crippen molar-refractivity contribution in [3.63, 3.8) is 0 Å². The quantitative estimate of drug-likeness (QED) is 0.779. The van der Waals surface area contributed by atoms with Gasteiger partial charge in [-0.1, -0.05) is 30.9 Å². The number of benzene rings is 1. The molecule has 0 amide bonds. The third-order valence-corrected chi connectivity index (χ3v) is 5.31. The summed E-state index contributed by atoms with van der Waals surface area (Å²) in [6.07, 6.45) is 2.80. The molecule has 0 bridgehead atoms. The minimum atomic E-state index is -3.53. The van der Waals surface area contributed by atoms with Gasteiger partial charge < -0.3 is 5.73 Å². The first-order valence-corrected chi connectivity index (χ1v) is 9.08. The zero-order valence-corrected chi connectivity index (χ0v) is 13.4. The van der Waals surface area contributed by atoms with Crippen LogP contribution in [0, 0.1) is 11.8 Å². The number of nitrogens with two attached hydrogens (primary N) is 1. The standard InChI is InChI=1S/C14H20N2O2S2/c1-12(19-2)9-11-16-20(17,18)14-8-4-3-6-13(14)7-5-10-15/h3-4,6,8,12,16H,9-11,15H2,1-2H3. The lowest BCUT2D eigenvalue weighted by Crippen LogP contribution is -2.27. The molecule has 0 aliphatic heterocycles. The van der Waals surface area contributed by atoms with Crippen molar-refractivity contribution in [3.05, 3.63) is 29.8 Å². The Hall–Kier alpha value is -1.00. The van der Waals surface area contributed by atoms with Crippen LogP contribution in [0.3, 0.4) is 0 Å². The second kappa shape index (κ2) is 8.32. The lowest BCUT2D eigenvalue weighted by molar-refractivity contribution is 0.579. The van der Waals surface area contributed by atoms with Crippen molar-refractivity contribution in [2.75, 3.05) is 19.3 Å². The maximum atomic E-state index is 12.3. The highest BCUT2D eigenvalue weighted by Crippen LogP contribution is 2.15. The van der Waals surface area contributed by atoms with E-state index in [9.17, 15) is 8.42 Å². The molecular weight excluding hydrogens is 292 g/mol. The summed E-state index contributed by atoms with van der Waals surface area (Å²) in [4.78, 5) is 0.206. The van der Waals surface area contributed by atoms with Crippen LogP contribution in [0.15, 0.2) is 29.2 Å². The number of rotatable bonds is 6.